The third-order valence-electron chi connectivity index (χ3n) is 6.06. The van der Waals surface area contributed by atoms with Gasteiger partial charge >= 0.3 is 0 Å². The van der Waals surface area contributed by atoms with Gasteiger partial charge in [-0.1, -0.05) is 102 Å². The van der Waals surface area contributed by atoms with Crippen LogP contribution in [0.25, 0.3) is 10.8 Å². The number of ether oxygens (including phenoxy) is 1. The van der Waals surface area contributed by atoms with Crippen molar-refractivity contribution in [2.75, 3.05) is 0 Å². The van der Waals surface area contributed by atoms with Gasteiger partial charge < -0.3 is 4.74 Å². The number of halogens is 3. The summed E-state index contributed by atoms with van der Waals surface area (Å²) >= 11 is 20.1. The molecule has 0 aliphatic heterocycles. The lowest BCUT2D eigenvalue weighted by Crippen LogP contribution is -2.03. The molecule has 5 aromatic rings. The van der Waals surface area contributed by atoms with Crippen LogP contribution in [0.15, 0.2) is 89.1 Å². The lowest BCUT2D eigenvalue weighted by molar-refractivity contribution is 0.306. The number of aryl methyl sites for hydroxylation is 1. The van der Waals surface area contributed by atoms with Crippen molar-refractivity contribution in [2.24, 2.45) is 5.10 Å². The molecule has 1 aromatic heterocycles. The van der Waals surface area contributed by atoms with E-state index in [0.29, 0.717) is 27.4 Å². The number of benzene rings is 4. The Hall–Kier alpha value is -3.03. The molecule has 1 heterocycles. The molecule has 0 atom stereocenters. The van der Waals surface area contributed by atoms with E-state index < -0.39 is 0 Å². The van der Waals surface area contributed by atoms with Gasteiger partial charge in [0.15, 0.2) is 5.82 Å². The molecular formula is C30H25Cl3N4OS. The molecule has 9 heteroatoms. The molecule has 0 saturated carbocycles. The highest BCUT2D eigenvalue weighted by Crippen LogP contribution is 2.30. The third-order valence-corrected chi connectivity index (χ3v) is 7.89. The van der Waals surface area contributed by atoms with Crippen LogP contribution in [0.1, 0.15) is 35.9 Å². The van der Waals surface area contributed by atoms with Crippen molar-refractivity contribution in [3.05, 3.63) is 116 Å². The Morgan fingerprint density at radius 3 is 2.51 bits per heavy atom. The number of fused-ring (bicyclic) bond motifs is 1. The fourth-order valence-corrected chi connectivity index (χ4v) is 5.50. The van der Waals surface area contributed by atoms with Crippen molar-refractivity contribution >= 4 is 63.6 Å². The van der Waals surface area contributed by atoms with Crippen LogP contribution in [0.4, 0.5) is 0 Å². The van der Waals surface area contributed by atoms with E-state index in [9.17, 15) is 0 Å². The summed E-state index contributed by atoms with van der Waals surface area (Å²) in [5.74, 6) is 2.23. The Balaban J connectivity index is 1.47. The molecule has 198 valence electrons. The van der Waals surface area contributed by atoms with Gasteiger partial charge in [0.25, 0.3) is 0 Å². The number of hydrogen-bond acceptors (Lipinski definition) is 5. The highest BCUT2D eigenvalue weighted by atomic mass is 35.5. The monoisotopic (exact) mass is 594 g/mol. The minimum Gasteiger partial charge on any atom is -0.488 e. The average Bonchev–Trinajstić information content (AvgIpc) is 3.32. The molecule has 0 spiro atoms. The molecule has 0 fully saturated rings. The zero-order valence-electron chi connectivity index (χ0n) is 21.2. The summed E-state index contributed by atoms with van der Waals surface area (Å²) in [6, 6.07) is 25.4. The number of nitrogens with zero attached hydrogens (tertiary/aromatic N) is 4. The Kier molecular flexibility index (Phi) is 9.09. The van der Waals surface area contributed by atoms with E-state index in [2.05, 4.69) is 29.3 Å². The van der Waals surface area contributed by atoms with Crippen LogP contribution in [-0.4, -0.2) is 21.1 Å². The van der Waals surface area contributed by atoms with E-state index >= 15 is 0 Å². The zero-order chi connectivity index (χ0) is 27.2. The predicted octanol–water partition coefficient (Wildman–Crippen LogP) is 9.10. The van der Waals surface area contributed by atoms with Crippen molar-refractivity contribution in [1.82, 2.24) is 14.9 Å². The van der Waals surface area contributed by atoms with Crippen LogP contribution < -0.4 is 4.74 Å². The molecule has 0 saturated heterocycles. The number of aromatic nitrogens is 3. The van der Waals surface area contributed by atoms with E-state index in [0.717, 1.165) is 57.0 Å². The minimum atomic E-state index is 0.297. The Labute approximate surface area is 246 Å². The lowest BCUT2D eigenvalue weighted by Gasteiger charge is -2.13. The molecule has 0 aliphatic rings. The quantitative estimate of drug-likeness (QED) is 0.119. The van der Waals surface area contributed by atoms with E-state index in [1.807, 2.05) is 65.5 Å². The molecule has 0 N–H and O–H groups in total. The SMILES string of the molecule is CCCc1nnc(SCc2ccc(Cl)cc2)n1/N=C/c1c(OCc2ccc(Cl)cc2Cl)ccc2ccccc12. The summed E-state index contributed by atoms with van der Waals surface area (Å²) < 4.78 is 8.09. The maximum Gasteiger partial charge on any atom is 0.212 e. The first kappa shape index (κ1) is 27.5. The number of hydrogen-bond donors (Lipinski definition) is 0. The van der Waals surface area contributed by atoms with Gasteiger partial charge in [-0.2, -0.15) is 9.78 Å². The van der Waals surface area contributed by atoms with Gasteiger partial charge in [-0.05, 0) is 53.1 Å². The molecule has 5 nitrogen and oxygen atoms in total. The Morgan fingerprint density at radius 2 is 1.72 bits per heavy atom. The smallest absolute Gasteiger partial charge is 0.212 e. The lowest BCUT2D eigenvalue weighted by atomic mass is 10.0. The van der Waals surface area contributed by atoms with Crippen molar-refractivity contribution < 1.29 is 4.74 Å². The largest absolute Gasteiger partial charge is 0.488 e. The highest BCUT2D eigenvalue weighted by Gasteiger charge is 2.14. The summed E-state index contributed by atoms with van der Waals surface area (Å²) in [6.45, 7) is 2.41. The predicted molar refractivity (Wildman–Crippen MR) is 163 cm³/mol. The van der Waals surface area contributed by atoms with Gasteiger partial charge in [0, 0.05) is 38.4 Å². The maximum absolute atomic E-state index is 6.39. The topological polar surface area (TPSA) is 52.3 Å². The molecular weight excluding hydrogens is 571 g/mol. The van der Waals surface area contributed by atoms with Crippen molar-refractivity contribution in [3.8, 4) is 5.75 Å². The maximum atomic E-state index is 6.39. The standard InChI is InChI=1S/C30H25Cl3N4OS/c1-2-5-29-35-36-30(39-19-20-8-12-23(31)13-9-20)37(29)34-17-26-25-7-4-3-6-21(25)11-15-28(26)38-18-22-10-14-24(32)16-27(22)33/h3-4,6-17H,2,5,18-19H2,1H3/b34-17+. The summed E-state index contributed by atoms with van der Waals surface area (Å²) in [7, 11) is 0. The van der Waals surface area contributed by atoms with Gasteiger partial charge in [-0.15, -0.1) is 10.2 Å². The van der Waals surface area contributed by atoms with Gasteiger partial charge in [-0.25, -0.2) is 0 Å². The summed E-state index contributed by atoms with van der Waals surface area (Å²) in [4.78, 5) is 0. The molecule has 0 aliphatic carbocycles. The van der Waals surface area contributed by atoms with E-state index in [4.69, 9.17) is 44.6 Å². The zero-order valence-corrected chi connectivity index (χ0v) is 24.2. The highest BCUT2D eigenvalue weighted by molar-refractivity contribution is 7.98. The molecule has 0 bridgehead atoms. The van der Waals surface area contributed by atoms with Crippen molar-refractivity contribution in [2.45, 2.75) is 37.3 Å². The molecule has 4 aromatic carbocycles. The fourth-order valence-electron chi connectivity index (χ4n) is 4.05. The van der Waals surface area contributed by atoms with Gasteiger partial charge in [0.2, 0.25) is 5.16 Å². The van der Waals surface area contributed by atoms with E-state index in [1.54, 1.807) is 23.9 Å². The van der Waals surface area contributed by atoms with Crippen molar-refractivity contribution in [1.29, 1.82) is 0 Å². The molecule has 0 amide bonds. The first-order valence-electron chi connectivity index (χ1n) is 12.5. The van der Waals surface area contributed by atoms with Gasteiger partial charge in [0.05, 0.1) is 6.21 Å². The van der Waals surface area contributed by atoms with Crippen LogP contribution in [-0.2, 0) is 18.8 Å². The Bertz CT molecular complexity index is 1620. The minimum absolute atomic E-state index is 0.297. The molecule has 39 heavy (non-hydrogen) atoms. The number of rotatable bonds is 10. The Morgan fingerprint density at radius 1 is 0.923 bits per heavy atom. The van der Waals surface area contributed by atoms with Gasteiger partial charge in [-0.3, -0.25) is 0 Å². The summed E-state index contributed by atoms with van der Waals surface area (Å²) in [6.07, 6.45) is 3.52. The number of thioether (sulfide) groups is 1. The molecule has 0 unspecified atom stereocenters. The van der Waals surface area contributed by atoms with Crippen LogP contribution >= 0.6 is 46.6 Å². The van der Waals surface area contributed by atoms with Crippen LogP contribution in [0, 0.1) is 0 Å². The second kappa shape index (κ2) is 12.9. The third kappa shape index (κ3) is 6.76. The van der Waals surface area contributed by atoms with Gasteiger partial charge in [0.1, 0.15) is 12.4 Å². The summed E-state index contributed by atoms with van der Waals surface area (Å²) in [5.41, 5.74) is 2.86. The fraction of sp³-hybridized carbons (Fsp3) is 0.167. The van der Waals surface area contributed by atoms with E-state index in [-0.39, 0.29) is 0 Å². The second-order valence-corrected chi connectivity index (χ2v) is 11.1. The average molecular weight is 596 g/mol. The van der Waals surface area contributed by atoms with Crippen molar-refractivity contribution in [3.63, 3.8) is 0 Å². The van der Waals surface area contributed by atoms with Crippen LogP contribution in [0.5, 0.6) is 5.75 Å². The first-order chi connectivity index (χ1) is 19.0. The van der Waals surface area contributed by atoms with Crippen LogP contribution in [0.2, 0.25) is 15.1 Å². The molecule has 5 rings (SSSR count). The normalized spacial score (nSPS) is 11.5. The molecule has 0 radical (unpaired) electrons. The van der Waals surface area contributed by atoms with Crippen LogP contribution in [0.3, 0.4) is 0 Å². The summed E-state index contributed by atoms with van der Waals surface area (Å²) in [5, 5.41) is 18.4. The first-order valence-corrected chi connectivity index (χ1v) is 14.6. The second-order valence-electron chi connectivity index (χ2n) is 8.84. The van der Waals surface area contributed by atoms with E-state index in [1.165, 1.54) is 0 Å².